The minimum atomic E-state index is 0.603. The molecule has 0 aliphatic carbocycles. The highest BCUT2D eigenvalue weighted by Crippen LogP contribution is 2.19. The summed E-state index contributed by atoms with van der Waals surface area (Å²) in [4.78, 5) is 8.47. The lowest BCUT2D eigenvalue weighted by molar-refractivity contribution is 0.577. The van der Waals surface area contributed by atoms with Crippen molar-refractivity contribution in [2.24, 2.45) is 0 Å². The third kappa shape index (κ3) is 1.29. The standard InChI is InChI=1S/C11H10N4O/c1-2-10-13-11-12-6-5-8(15(11)14-10)9-4-3-7-16-9/h3-7H,2H2,1H3. The second-order valence-electron chi connectivity index (χ2n) is 3.40. The van der Waals surface area contributed by atoms with Gasteiger partial charge in [-0.25, -0.2) is 4.98 Å². The summed E-state index contributed by atoms with van der Waals surface area (Å²) >= 11 is 0. The topological polar surface area (TPSA) is 56.2 Å². The number of rotatable bonds is 2. The zero-order valence-corrected chi connectivity index (χ0v) is 8.79. The molecule has 0 spiro atoms. The highest BCUT2D eigenvalue weighted by atomic mass is 16.3. The molecule has 80 valence electrons. The first kappa shape index (κ1) is 9.08. The maximum Gasteiger partial charge on any atom is 0.253 e. The molecule has 0 aliphatic rings. The number of hydrogen-bond acceptors (Lipinski definition) is 4. The first-order valence-corrected chi connectivity index (χ1v) is 5.13. The molecule has 3 heterocycles. The fraction of sp³-hybridized carbons (Fsp3) is 0.182. The summed E-state index contributed by atoms with van der Waals surface area (Å²) in [5.74, 6) is 2.15. The van der Waals surface area contributed by atoms with Gasteiger partial charge in [-0.05, 0) is 18.2 Å². The van der Waals surface area contributed by atoms with Gasteiger partial charge in [0.05, 0.1) is 6.26 Å². The van der Waals surface area contributed by atoms with Crippen molar-refractivity contribution in [2.75, 3.05) is 0 Å². The van der Waals surface area contributed by atoms with Crippen LogP contribution in [0.3, 0.4) is 0 Å². The molecule has 16 heavy (non-hydrogen) atoms. The van der Waals surface area contributed by atoms with E-state index in [1.54, 1.807) is 17.0 Å². The summed E-state index contributed by atoms with van der Waals surface area (Å²) in [5.41, 5.74) is 0.863. The molecule has 0 saturated carbocycles. The Kier molecular flexibility index (Phi) is 1.96. The number of fused-ring (bicyclic) bond motifs is 1. The van der Waals surface area contributed by atoms with Gasteiger partial charge in [-0.2, -0.15) is 9.50 Å². The van der Waals surface area contributed by atoms with Crippen molar-refractivity contribution in [2.45, 2.75) is 13.3 Å². The van der Waals surface area contributed by atoms with Crippen molar-refractivity contribution < 1.29 is 4.42 Å². The van der Waals surface area contributed by atoms with Gasteiger partial charge in [0.25, 0.3) is 5.78 Å². The van der Waals surface area contributed by atoms with Crippen LogP contribution in [-0.4, -0.2) is 19.6 Å². The maximum absolute atomic E-state index is 5.35. The highest BCUT2D eigenvalue weighted by Gasteiger charge is 2.10. The molecule has 0 fully saturated rings. The van der Waals surface area contributed by atoms with E-state index < -0.39 is 0 Å². The Hall–Kier alpha value is -2.17. The first-order valence-electron chi connectivity index (χ1n) is 5.13. The van der Waals surface area contributed by atoms with Crippen LogP contribution in [0.15, 0.2) is 35.1 Å². The third-order valence-corrected chi connectivity index (χ3v) is 2.37. The van der Waals surface area contributed by atoms with Gasteiger partial charge in [0, 0.05) is 12.6 Å². The molecule has 0 aromatic carbocycles. The van der Waals surface area contributed by atoms with Gasteiger partial charge in [-0.3, -0.25) is 0 Å². The van der Waals surface area contributed by atoms with E-state index >= 15 is 0 Å². The fourth-order valence-electron chi connectivity index (χ4n) is 1.60. The molecule has 0 bridgehead atoms. The van der Waals surface area contributed by atoms with Crippen molar-refractivity contribution in [3.8, 4) is 11.5 Å². The summed E-state index contributed by atoms with van der Waals surface area (Å²) in [7, 11) is 0. The zero-order chi connectivity index (χ0) is 11.0. The summed E-state index contributed by atoms with van der Waals surface area (Å²) in [6.45, 7) is 2.02. The lowest BCUT2D eigenvalue weighted by Gasteiger charge is -1.98. The molecule has 3 aromatic heterocycles. The summed E-state index contributed by atoms with van der Waals surface area (Å²) in [6, 6.07) is 5.60. The van der Waals surface area contributed by atoms with E-state index in [2.05, 4.69) is 15.1 Å². The van der Waals surface area contributed by atoms with Crippen molar-refractivity contribution in [1.82, 2.24) is 19.6 Å². The van der Waals surface area contributed by atoms with E-state index in [1.165, 1.54) is 0 Å². The predicted octanol–water partition coefficient (Wildman–Crippen LogP) is 1.95. The number of aromatic nitrogens is 4. The maximum atomic E-state index is 5.35. The SMILES string of the molecule is CCc1nc2nccc(-c3ccco3)n2n1. The van der Waals surface area contributed by atoms with Crippen LogP contribution >= 0.6 is 0 Å². The molecule has 5 heteroatoms. The molecule has 3 rings (SSSR count). The van der Waals surface area contributed by atoms with Crippen LogP contribution in [-0.2, 0) is 6.42 Å². The normalized spacial score (nSPS) is 11.1. The quantitative estimate of drug-likeness (QED) is 0.654. The average Bonchev–Trinajstić information content (AvgIpc) is 2.97. The van der Waals surface area contributed by atoms with E-state index in [0.29, 0.717) is 5.78 Å². The molecule has 5 nitrogen and oxygen atoms in total. The van der Waals surface area contributed by atoms with E-state index in [4.69, 9.17) is 4.42 Å². The molecule has 0 N–H and O–H groups in total. The van der Waals surface area contributed by atoms with Gasteiger partial charge < -0.3 is 4.42 Å². The van der Waals surface area contributed by atoms with E-state index in [0.717, 1.165) is 23.7 Å². The van der Waals surface area contributed by atoms with Crippen LogP contribution in [0.25, 0.3) is 17.2 Å². The van der Waals surface area contributed by atoms with Crippen LogP contribution in [0.2, 0.25) is 0 Å². The third-order valence-electron chi connectivity index (χ3n) is 2.37. The van der Waals surface area contributed by atoms with Crippen LogP contribution in [0.4, 0.5) is 0 Å². The minimum Gasteiger partial charge on any atom is -0.463 e. The van der Waals surface area contributed by atoms with E-state index in [-0.39, 0.29) is 0 Å². The summed E-state index contributed by atoms with van der Waals surface area (Å²) in [6.07, 6.45) is 4.14. The Labute approximate surface area is 91.8 Å². The average molecular weight is 214 g/mol. The van der Waals surface area contributed by atoms with Crippen molar-refractivity contribution in [1.29, 1.82) is 0 Å². The highest BCUT2D eigenvalue weighted by molar-refractivity contribution is 5.54. The van der Waals surface area contributed by atoms with Crippen LogP contribution in [0.5, 0.6) is 0 Å². The molecule has 0 aliphatic heterocycles. The smallest absolute Gasteiger partial charge is 0.253 e. The lowest BCUT2D eigenvalue weighted by Crippen LogP contribution is -1.95. The van der Waals surface area contributed by atoms with Crippen molar-refractivity contribution >= 4 is 5.78 Å². The summed E-state index contributed by atoms with van der Waals surface area (Å²) in [5, 5.41) is 4.37. The van der Waals surface area contributed by atoms with Crippen molar-refractivity contribution in [3.63, 3.8) is 0 Å². The Morgan fingerprint density at radius 1 is 1.38 bits per heavy atom. The molecule has 0 unspecified atom stereocenters. The minimum absolute atomic E-state index is 0.603. The molecule has 0 amide bonds. The first-order chi connectivity index (χ1) is 7.88. The number of aryl methyl sites for hydroxylation is 1. The van der Waals surface area contributed by atoms with Gasteiger partial charge in [0.15, 0.2) is 11.6 Å². The Balaban J connectivity index is 2.28. The van der Waals surface area contributed by atoms with Gasteiger partial charge in [0.2, 0.25) is 0 Å². The van der Waals surface area contributed by atoms with Crippen LogP contribution in [0.1, 0.15) is 12.7 Å². The van der Waals surface area contributed by atoms with Crippen LogP contribution < -0.4 is 0 Å². The number of nitrogens with zero attached hydrogens (tertiary/aromatic N) is 4. The van der Waals surface area contributed by atoms with Gasteiger partial charge in [-0.15, -0.1) is 5.10 Å². The van der Waals surface area contributed by atoms with E-state index in [9.17, 15) is 0 Å². The van der Waals surface area contributed by atoms with Crippen molar-refractivity contribution in [3.05, 3.63) is 36.5 Å². The lowest BCUT2D eigenvalue weighted by atomic mass is 10.3. The Morgan fingerprint density at radius 2 is 2.31 bits per heavy atom. The predicted molar refractivity (Wildman–Crippen MR) is 57.9 cm³/mol. The molecule has 0 radical (unpaired) electrons. The van der Waals surface area contributed by atoms with Gasteiger partial charge >= 0.3 is 0 Å². The van der Waals surface area contributed by atoms with E-state index in [1.807, 2.05) is 25.1 Å². The fourth-order valence-corrected chi connectivity index (χ4v) is 1.60. The van der Waals surface area contributed by atoms with Crippen LogP contribution in [0, 0.1) is 0 Å². The largest absolute Gasteiger partial charge is 0.463 e. The molecule has 3 aromatic rings. The zero-order valence-electron chi connectivity index (χ0n) is 8.79. The number of furan rings is 1. The molecular formula is C11H10N4O. The molecular weight excluding hydrogens is 204 g/mol. The Morgan fingerprint density at radius 3 is 3.06 bits per heavy atom. The molecule has 0 saturated heterocycles. The van der Waals surface area contributed by atoms with Gasteiger partial charge in [0.1, 0.15) is 5.69 Å². The second-order valence-corrected chi connectivity index (χ2v) is 3.40. The Bertz CT molecular complexity index is 612. The second kappa shape index (κ2) is 3.44. The summed E-state index contributed by atoms with van der Waals surface area (Å²) < 4.78 is 7.06. The number of hydrogen-bond donors (Lipinski definition) is 0. The van der Waals surface area contributed by atoms with Gasteiger partial charge in [-0.1, -0.05) is 6.92 Å². The monoisotopic (exact) mass is 214 g/mol. The molecule has 0 atom stereocenters.